The van der Waals surface area contributed by atoms with Gasteiger partial charge in [-0.2, -0.15) is 9.58 Å². The number of halogens is 2. The molecule has 7 heteroatoms. The molecule has 5 nitrogen and oxygen atoms in total. The number of hydrogen-bond acceptors (Lipinski definition) is 1. The Hall–Kier alpha value is -2.55. The molecule has 0 aliphatic rings. The molecule has 0 aromatic heterocycles. The zero-order chi connectivity index (χ0) is 16.1. The molecule has 2 aromatic rings. The topological polar surface area (TPSA) is 89.9 Å². The fourth-order valence-corrected chi connectivity index (χ4v) is 2.23. The molecule has 0 aliphatic heterocycles. The minimum absolute atomic E-state index is 0.295. The van der Waals surface area contributed by atoms with Crippen LogP contribution < -0.4 is 0 Å². The molecule has 2 aromatic carbocycles. The number of carbonyl (C=O) groups excluding carboxylic acids is 1. The van der Waals surface area contributed by atoms with Crippen LogP contribution in [-0.4, -0.2) is 26.8 Å². The Morgan fingerprint density at radius 1 is 0.818 bits per heavy atom. The largest absolute Gasteiger partial charge is 0.377 e. The van der Waals surface area contributed by atoms with Crippen LogP contribution in [0.1, 0.15) is 11.1 Å². The first-order chi connectivity index (χ1) is 10.6. The molecule has 0 aliphatic carbocycles. The first-order valence-corrected chi connectivity index (χ1v) is 6.83. The van der Waals surface area contributed by atoms with E-state index >= 15 is 0 Å². The van der Waals surface area contributed by atoms with Gasteiger partial charge in [0.15, 0.2) is 0 Å². The molecule has 0 unspecified atom stereocenters. The third kappa shape index (κ3) is 3.37. The van der Waals surface area contributed by atoms with Crippen LogP contribution in [0, 0.1) is 0 Å². The van der Waals surface area contributed by atoms with Gasteiger partial charge < -0.3 is 11.1 Å². The van der Waals surface area contributed by atoms with Crippen molar-refractivity contribution in [3.05, 3.63) is 80.8 Å². The van der Waals surface area contributed by atoms with Crippen molar-refractivity contribution in [3.63, 3.8) is 0 Å². The van der Waals surface area contributed by atoms with Crippen LogP contribution in [0.15, 0.2) is 48.5 Å². The normalized spacial score (nSPS) is 9.55. The lowest BCUT2D eigenvalue weighted by Crippen LogP contribution is -2.27. The quantitative estimate of drug-likeness (QED) is 0.480. The Morgan fingerprint density at radius 2 is 1.23 bits per heavy atom. The Kier molecular flexibility index (Phi) is 4.99. The first-order valence-electron chi connectivity index (χ1n) is 6.07. The van der Waals surface area contributed by atoms with Crippen molar-refractivity contribution in [2.75, 3.05) is 0 Å². The molecule has 0 bridgehead atoms. The van der Waals surface area contributed by atoms with Gasteiger partial charge in [0.1, 0.15) is 0 Å². The minimum atomic E-state index is -0.769. The number of hydrogen-bond donors (Lipinski definition) is 0. The van der Waals surface area contributed by atoms with Gasteiger partial charge in [0.2, 0.25) is 0 Å². The van der Waals surface area contributed by atoms with Gasteiger partial charge in [0.05, 0.1) is 11.1 Å². The number of carbonyl (C=O) groups is 1. The van der Waals surface area contributed by atoms with E-state index in [0.717, 1.165) is 0 Å². The van der Waals surface area contributed by atoms with E-state index in [9.17, 15) is 4.79 Å². The highest BCUT2D eigenvalue weighted by molar-refractivity contribution is 6.70. The van der Waals surface area contributed by atoms with Crippen LogP contribution >= 0.6 is 23.2 Å². The van der Waals surface area contributed by atoms with Crippen molar-refractivity contribution in [1.82, 2.24) is 0 Å². The SMILES string of the molecule is [N-]=[N+]=C(C(=O)C(=[N+]=[N-])c1cccc(Cl)c1)c1cccc(Cl)c1. The van der Waals surface area contributed by atoms with Crippen molar-refractivity contribution in [2.24, 2.45) is 0 Å². The van der Waals surface area contributed by atoms with Crippen LogP contribution in [0.25, 0.3) is 11.1 Å². The number of benzene rings is 2. The minimum Gasteiger partial charge on any atom is -0.361 e. The summed E-state index contributed by atoms with van der Waals surface area (Å²) in [5, 5.41) is 0.744. The fourth-order valence-electron chi connectivity index (χ4n) is 1.85. The lowest BCUT2D eigenvalue weighted by molar-refractivity contribution is -0.115. The second-order valence-electron chi connectivity index (χ2n) is 4.25. The van der Waals surface area contributed by atoms with Gasteiger partial charge in [-0.15, -0.1) is 0 Å². The van der Waals surface area contributed by atoms with E-state index in [-0.39, 0.29) is 11.4 Å². The summed E-state index contributed by atoms with van der Waals surface area (Å²) in [5.41, 5.74) is 18.3. The number of rotatable bonds is 4. The molecule has 0 N–H and O–H groups in total. The zero-order valence-electron chi connectivity index (χ0n) is 11.1. The highest BCUT2D eigenvalue weighted by atomic mass is 35.5. The maximum Gasteiger partial charge on any atom is 0.377 e. The molecular weight excluding hydrogens is 323 g/mol. The van der Waals surface area contributed by atoms with Gasteiger partial charge >= 0.3 is 17.2 Å². The second kappa shape index (κ2) is 6.94. The molecule has 0 heterocycles. The summed E-state index contributed by atoms with van der Waals surface area (Å²) in [7, 11) is 0. The Morgan fingerprint density at radius 3 is 1.55 bits per heavy atom. The van der Waals surface area contributed by atoms with Crippen LogP contribution in [-0.2, 0) is 4.79 Å². The first kappa shape index (κ1) is 15.8. The van der Waals surface area contributed by atoms with E-state index in [1.165, 1.54) is 12.1 Å². The number of ketones is 1. The zero-order valence-corrected chi connectivity index (χ0v) is 12.6. The highest BCUT2D eigenvalue weighted by Gasteiger charge is 2.35. The summed E-state index contributed by atoms with van der Waals surface area (Å²) in [6, 6.07) is 12.4. The van der Waals surface area contributed by atoms with Crippen molar-refractivity contribution in [3.8, 4) is 0 Å². The van der Waals surface area contributed by atoms with Crippen molar-refractivity contribution in [2.45, 2.75) is 0 Å². The van der Waals surface area contributed by atoms with Crippen LogP contribution in [0.2, 0.25) is 10.0 Å². The van der Waals surface area contributed by atoms with E-state index in [2.05, 4.69) is 9.58 Å². The van der Waals surface area contributed by atoms with Gasteiger partial charge in [-0.3, -0.25) is 4.79 Å². The molecular formula is C15H8Cl2N4O. The summed E-state index contributed by atoms with van der Waals surface area (Å²) >= 11 is 11.7. The van der Waals surface area contributed by atoms with Gasteiger partial charge in [-0.25, -0.2) is 0 Å². The summed E-state index contributed by atoms with van der Waals surface area (Å²) in [6.45, 7) is 0. The molecule has 22 heavy (non-hydrogen) atoms. The molecule has 0 saturated heterocycles. The summed E-state index contributed by atoms with van der Waals surface area (Å²) in [4.78, 5) is 18.5. The predicted octanol–water partition coefficient (Wildman–Crippen LogP) is 3.30. The van der Waals surface area contributed by atoms with Crippen LogP contribution in [0.5, 0.6) is 0 Å². The summed E-state index contributed by atoms with van der Waals surface area (Å²) in [6.07, 6.45) is 0. The maximum atomic E-state index is 12.5. The van der Waals surface area contributed by atoms with Crippen molar-refractivity contribution in [1.29, 1.82) is 0 Å². The molecule has 0 saturated carbocycles. The van der Waals surface area contributed by atoms with Gasteiger partial charge in [-0.1, -0.05) is 35.3 Å². The van der Waals surface area contributed by atoms with Gasteiger partial charge in [0, 0.05) is 10.0 Å². The molecule has 0 amide bonds. The Labute approximate surface area is 136 Å². The average molecular weight is 331 g/mol. The number of Topliss-reactive ketones (excluding diaryl/α,β-unsaturated/α-hetero) is 1. The molecule has 0 atom stereocenters. The fraction of sp³-hybridized carbons (Fsp3) is 0. The van der Waals surface area contributed by atoms with E-state index < -0.39 is 5.78 Å². The van der Waals surface area contributed by atoms with Gasteiger partial charge in [-0.05, 0) is 36.4 Å². The Balaban J connectivity index is 2.48. The van der Waals surface area contributed by atoms with Gasteiger partial charge in [0.25, 0.3) is 0 Å². The molecule has 2 rings (SSSR count). The highest BCUT2D eigenvalue weighted by Crippen LogP contribution is 2.14. The third-order valence-corrected chi connectivity index (χ3v) is 3.30. The average Bonchev–Trinajstić information content (AvgIpc) is 2.49. The predicted molar refractivity (Wildman–Crippen MR) is 83.4 cm³/mol. The molecule has 108 valence electrons. The lowest BCUT2D eigenvalue weighted by Gasteiger charge is -1.97. The third-order valence-electron chi connectivity index (χ3n) is 2.83. The van der Waals surface area contributed by atoms with E-state index in [1.807, 2.05) is 0 Å². The Bertz CT molecular complexity index is 781. The van der Waals surface area contributed by atoms with Crippen molar-refractivity contribution < 1.29 is 14.4 Å². The standard InChI is InChI=1S/C15H8Cl2N4O/c16-11-5-1-3-9(7-11)13(20-18)15(22)14(21-19)10-4-2-6-12(17)8-10/h1-8H. The van der Waals surface area contributed by atoms with Crippen LogP contribution in [0.3, 0.4) is 0 Å². The van der Waals surface area contributed by atoms with Crippen LogP contribution in [0.4, 0.5) is 0 Å². The van der Waals surface area contributed by atoms with E-state index in [4.69, 9.17) is 34.3 Å². The lowest BCUT2D eigenvalue weighted by atomic mass is 9.99. The smallest absolute Gasteiger partial charge is 0.361 e. The summed E-state index contributed by atoms with van der Waals surface area (Å²) in [5.74, 6) is -0.769. The monoisotopic (exact) mass is 330 g/mol. The van der Waals surface area contributed by atoms with E-state index in [0.29, 0.717) is 21.2 Å². The second-order valence-corrected chi connectivity index (χ2v) is 5.12. The molecule has 0 fully saturated rings. The van der Waals surface area contributed by atoms with Crippen molar-refractivity contribution >= 4 is 40.4 Å². The molecule has 0 radical (unpaired) electrons. The number of nitrogens with zero attached hydrogens (tertiary/aromatic N) is 4. The van der Waals surface area contributed by atoms with E-state index in [1.54, 1.807) is 36.4 Å². The molecule has 0 spiro atoms. The maximum absolute atomic E-state index is 12.5. The summed E-state index contributed by atoms with van der Waals surface area (Å²) < 4.78 is 0.